The standard InChI is InChI=1S/C11H14BrN3O2S/c1-7(10(16)14-15-11(18)13-2)17-9-5-3-4-8(12)6-9/h3-7H,1-2H3,(H,14,16)(H2,13,15,18)/t7-/m1/s1. The van der Waals surface area contributed by atoms with Crippen molar-refractivity contribution in [3.63, 3.8) is 0 Å². The molecule has 1 amide bonds. The number of hydrogen-bond acceptors (Lipinski definition) is 3. The first-order valence-electron chi connectivity index (χ1n) is 5.22. The summed E-state index contributed by atoms with van der Waals surface area (Å²) < 4.78 is 6.37. The number of benzene rings is 1. The lowest BCUT2D eigenvalue weighted by Gasteiger charge is -2.15. The summed E-state index contributed by atoms with van der Waals surface area (Å²) in [5.41, 5.74) is 4.98. The van der Waals surface area contributed by atoms with E-state index in [0.717, 1.165) is 4.47 Å². The lowest BCUT2D eigenvalue weighted by atomic mass is 10.3. The van der Waals surface area contributed by atoms with Crippen LogP contribution in [-0.2, 0) is 4.79 Å². The number of rotatable bonds is 3. The van der Waals surface area contributed by atoms with Crippen LogP contribution in [0.5, 0.6) is 5.75 Å². The van der Waals surface area contributed by atoms with Crippen LogP contribution in [0.2, 0.25) is 0 Å². The Labute approximate surface area is 119 Å². The third-order valence-corrected chi connectivity index (χ3v) is 2.80. The van der Waals surface area contributed by atoms with Crippen LogP contribution < -0.4 is 20.9 Å². The van der Waals surface area contributed by atoms with E-state index in [1.54, 1.807) is 26.1 Å². The van der Waals surface area contributed by atoms with E-state index >= 15 is 0 Å². The van der Waals surface area contributed by atoms with Crippen molar-refractivity contribution in [1.82, 2.24) is 16.2 Å². The van der Waals surface area contributed by atoms with Gasteiger partial charge < -0.3 is 10.1 Å². The van der Waals surface area contributed by atoms with Crippen LogP contribution >= 0.6 is 28.1 Å². The third-order valence-electron chi connectivity index (χ3n) is 2.00. The molecular weight excluding hydrogens is 318 g/mol. The van der Waals surface area contributed by atoms with Gasteiger partial charge in [0, 0.05) is 11.5 Å². The maximum Gasteiger partial charge on any atom is 0.279 e. The highest BCUT2D eigenvalue weighted by Crippen LogP contribution is 2.18. The van der Waals surface area contributed by atoms with Gasteiger partial charge in [-0.1, -0.05) is 22.0 Å². The first-order valence-corrected chi connectivity index (χ1v) is 6.43. The van der Waals surface area contributed by atoms with Gasteiger partial charge in [-0.2, -0.15) is 0 Å². The van der Waals surface area contributed by atoms with Crippen molar-refractivity contribution in [3.05, 3.63) is 28.7 Å². The van der Waals surface area contributed by atoms with E-state index in [1.807, 2.05) is 12.1 Å². The molecular formula is C11H14BrN3O2S. The second-order valence-electron chi connectivity index (χ2n) is 3.41. The van der Waals surface area contributed by atoms with Gasteiger partial charge in [-0.15, -0.1) is 0 Å². The number of amides is 1. The Morgan fingerprint density at radius 1 is 1.44 bits per heavy atom. The Bertz CT molecular complexity index is 442. The van der Waals surface area contributed by atoms with E-state index in [0.29, 0.717) is 10.9 Å². The molecule has 0 bridgehead atoms. The zero-order valence-electron chi connectivity index (χ0n) is 9.99. The van der Waals surface area contributed by atoms with Crippen LogP contribution in [-0.4, -0.2) is 24.2 Å². The van der Waals surface area contributed by atoms with E-state index in [1.165, 1.54) is 0 Å². The van der Waals surface area contributed by atoms with Crippen molar-refractivity contribution in [2.75, 3.05) is 7.05 Å². The minimum absolute atomic E-state index is 0.312. The van der Waals surface area contributed by atoms with Crippen molar-refractivity contribution in [1.29, 1.82) is 0 Å². The molecule has 0 aliphatic carbocycles. The fourth-order valence-corrected chi connectivity index (χ4v) is 1.51. The molecule has 0 aliphatic heterocycles. The van der Waals surface area contributed by atoms with Crippen molar-refractivity contribution < 1.29 is 9.53 Å². The van der Waals surface area contributed by atoms with Crippen molar-refractivity contribution in [3.8, 4) is 5.75 Å². The van der Waals surface area contributed by atoms with Crippen LogP contribution in [0, 0.1) is 0 Å². The summed E-state index contributed by atoms with van der Waals surface area (Å²) in [5, 5.41) is 3.01. The number of ether oxygens (including phenoxy) is 1. The van der Waals surface area contributed by atoms with Crippen molar-refractivity contribution >= 4 is 39.2 Å². The summed E-state index contributed by atoms with van der Waals surface area (Å²) in [4.78, 5) is 11.7. The third kappa shape index (κ3) is 4.89. The van der Waals surface area contributed by atoms with Gasteiger partial charge in [-0.05, 0) is 37.3 Å². The number of carbonyl (C=O) groups is 1. The molecule has 0 fully saturated rings. The maximum atomic E-state index is 11.7. The van der Waals surface area contributed by atoms with Gasteiger partial charge in [0.2, 0.25) is 0 Å². The molecule has 1 rings (SSSR count). The highest BCUT2D eigenvalue weighted by molar-refractivity contribution is 9.10. The summed E-state index contributed by atoms with van der Waals surface area (Å²) in [6.07, 6.45) is -0.633. The molecule has 7 heteroatoms. The van der Waals surface area contributed by atoms with E-state index in [4.69, 9.17) is 17.0 Å². The molecule has 1 atom stereocenters. The molecule has 0 aliphatic rings. The summed E-state index contributed by atoms with van der Waals surface area (Å²) in [6.45, 7) is 1.65. The number of carbonyl (C=O) groups excluding carboxylic acids is 1. The average Bonchev–Trinajstić information content (AvgIpc) is 2.35. The van der Waals surface area contributed by atoms with E-state index in [9.17, 15) is 4.79 Å². The minimum atomic E-state index is -0.633. The second-order valence-corrected chi connectivity index (χ2v) is 4.73. The number of hydrazine groups is 1. The summed E-state index contributed by atoms with van der Waals surface area (Å²) in [5.74, 6) is 0.302. The predicted octanol–water partition coefficient (Wildman–Crippen LogP) is 1.34. The van der Waals surface area contributed by atoms with Crippen LogP contribution in [0.4, 0.5) is 0 Å². The molecule has 0 unspecified atom stereocenters. The molecule has 3 N–H and O–H groups in total. The van der Waals surface area contributed by atoms with Crippen molar-refractivity contribution in [2.24, 2.45) is 0 Å². The first-order chi connectivity index (χ1) is 8.52. The van der Waals surface area contributed by atoms with Gasteiger partial charge in [0.15, 0.2) is 11.2 Å². The highest BCUT2D eigenvalue weighted by atomic mass is 79.9. The number of hydrogen-bond donors (Lipinski definition) is 3. The quantitative estimate of drug-likeness (QED) is 0.576. The minimum Gasteiger partial charge on any atom is -0.481 e. The number of nitrogens with one attached hydrogen (secondary N) is 3. The number of thiocarbonyl (C=S) groups is 1. The van der Waals surface area contributed by atoms with Gasteiger partial charge in [0.25, 0.3) is 5.91 Å². The predicted molar refractivity (Wildman–Crippen MR) is 77.2 cm³/mol. The molecule has 98 valence electrons. The zero-order chi connectivity index (χ0) is 13.5. The van der Waals surface area contributed by atoms with Crippen LogP contribution in [0.25, 0.3) is 0 Å². The van der Waals surface area contributed by atoms with E-state index < -0.39 is 6.10 Å². The summed E-state index contributed by atoms with van der Waals surface area (Å²) >= 11 is 8.15. The highest BCUT2D eigenvalue weighted by Gasteiger charge is 2.14. The van der Waals surface area contributed by atoms with Gasteiger partial charge in [0.05, 0.1) is 0 Å². The molecule has 0 aromatic heterocycles. The molecule has 1 aromatic rings. The fraction of sp³-hybridized carbons (Fsp3) is 0.273. The van der Waals surface area contributed by atoms with Crippen molar-refractivity contribution in [2.45, 2.75) is 13.0 Å². The lowest BCUT2D eigenvalue weighted by Crippen LogP contribution is -2.49. The smallest absolute Gasteiger partial charge is 0.279 e. The van der Waals surface area contributed by atoms with Gasteiger partial charge >= 0.3 is 0 Å². The van der Waals surface area contributed by atoms with Gasteiger partial charge in [-0.3, -0.25) is 15.6 Å². The molecule has 0 radical (unpaired) electrons. The number of halogens is 1. The molecule has 18 heavy (non-hydrogen) atoms. The lowest BCUT2D eigenvalue weighted by molar-refractivity contribution is -0.127. The molecule has 0 spiro atoms. The average molecular weight is 332 g/mol. The molecule has 0 heterocycles. The molecule has 5 nitrogen and oxygen atoms in total. The Morgan fingerprint density at radius 2 is 2.17 bits per heavy atom. The Morgan fingerprint density at radius 3 is 2.78 bits per heavy atom. The normalized spacial score (nSPS) is 11.3. The zero-order valence-corrected chi connectivity index (χ0v) is 12.4. The largest absolute Gasteiger partial charge is 0.481 e. The molecule has 0 saturated carbocycles. The Kier molecular flexibility index (Phi) is 5.87. The Hall–Kier alpha value is -1.34. The van der Waals surface area contributed by atoms with Crippen LogP contribution in [0.3, 0.4) is 0 Å². The van der Waals surface area contributed by atoms with E-state index in [-0.39, 0.29) is 5.91 Å². The summed E-state index contributed by atoms with van der Waals surface area (Å²) in [7, 11) is 1.66. The van der Waals surface area contributed by atoms with Crippen LogP contribution in [0.15, 0.2) is 28.7 Å². The monoisotopic (exact) mass is 331 g/mol. The SMILES string of the molecule is CNC(=S)NNC(=O)[C@@H](C)Oc1cccc(Br)c1. The van der Waals surface area contributed by atoms with Gasteiger partial charge in [0.1, 0.15) is 5.75 Å². The molecule has 0 saturated heterocycles. The Balaban J connectivity index is 2.47. The topological polar surface area (TPSA) is 62.4 Å². The second kappa shape index (κ2) is 7.17. The summed E-state index contributed by atoms with van der Waals surface area (Å²) in [6, 6.07) is 7.28. The van der Waals surface area contributed by atoms with Crippen LogP contribution in [0.1, 0.15) is 6.92 Å². The molecule has 1 aromatic carbocycles. The van der Waals surface area contributed by atoms with Gasteiger partial charge in [-0.25, -0.2) is 0 Å². The first kappa shape index (κ1) is 14.7. The maximum absolute atomic E-state index is 11.7. The van der Waals surface area contributed by atoms with E-state index in [2.05, 4.69) is 32.1 Å². The fourth-order valence-electron chi connectivity index (χ4n) is 1.08.